The van der Waals surface area contributed by atoms with Gasteiger partial charge < -0.3 is 24.8 Å². The van der Waals surface area contributed by atoms with Crippen molar-refractivity contribution in [2.75, 3.05) is 41.8 Å². The van der Waals surface area contributed by atoms with Gasteiger partial charge in [-0.2, -0.15) is 23.1 Å². The smallest absolute Gasteiger partial charge is 0.378 e. The van der Waals surface area contributed by atoms with Gasteiger partial charge in [0, 0.05) is 43.4 Å². The zero-order valence-electron chi connectivity index (χ0n) is 22.0. The molecule has 1 aliphatic heterocycles. The standard InChI is InChI=1S/C29H27F3N8O/c30-29(31,32)22-5-3-20(4-6-22)18-40-19-35-25-26(36-23-7-9-24(10-8-23)39-12-14-41-15-13-39)37-28(38-27(25)40)34-17-21-2-1-11-33-16-21/h1-11,16,19H,12-15,17-18H2,(H2,34,36,37,38). The number of fused-ring (bicyclic) bond motifs is 1. The van der Waals surface area contributed by atoms with Crippen molar-refractivity contribution in [3.05, 3.63) is 96.1 Å². The Morgan fingerprint density at radius 2 is 1.68 bits per heavy atom. The molecule has 0 saturated carbocycles. The van der Waals surface area contributed by atoms with Gasteiger partial charge in [-0.25, -0.2) is 4.98 Å². The molecular formula is C29H27F3N8O. The molecule has 41 heavy (non-hydrogen) atoms. The first kappa shape index (κ1) is 26.5. The summed E-state index contributed by atoms with van der Waals surface area (Å²) in [6, 6.07) is 17.0. The van der Waals surface area contributed by atoms with Crippen LogP contribution in [0, 0.1) is 0 Å². The molecule has 0 bridgehead atoms. The summed E-state index contributed by atoms with van der Waals surface area (Å²) in [6.07, 6.45) is 0.700. The number of alkyl halides is 3. The molecule has 6 rings (SSSR count). The minimum atomic E-state index is -4.39. The van der Waals surface area contributed by atoms with Crippen LogP contribution in [0.15, 0.2) is 79.4 Å². The summed E-state index contributed by atoms with van der Waals surface area (Å²) in [5.41, 5.74) is 4.00. The fraction of sp³-hybridized carbons (Fsp3) is 0.241. The highest BCUT2D eigenvalue weighted by Crippen LogP contribution is 2.30. The molecule has 0 aliphatic carbocycles. The minimum Gasteiger partial charge on any atom is -0.378 e. The van der Waals surface area contributed by atoms with Crippen molar-refractivity contribution >= 4 is 34.3 Å². The van der Waals surface area contributed by atoms with E-state index in [1.165, 1.54) is 12.1 Å². The van der Waals surface area contributed by atoms with E-state index in [0.717, 1.165) is 42.2 Å². The van der Waals surface area contributed by atoms with Gasteiger partial charge in [0.05, 0.1) is 31.6 Å². The molecule has 2 aromatic carbocycles. The summed E-state index contributed by atoms with van der Waals surface area (Å²) in [6.45, 7) is 3.87. The van der Waals surface area contributed by atoms with E-state index in [-0.39, 0.29) is 0 Å². The molecule has 2 N–H and O–H groups in total. The Bertz CT molecular complexity index is 1600. The van der Waals surface area contributed by atoms with Crippen molar-refractivity contribution in [1.29, 1.82) is 0 Å². The number of nitrogens with one attached hydrogen (secondary N) is 2. The fourth-order valence-corrected chi connectivity index (χ4v) is 4.62. The molecule has 0 spiro atoms. The van der Waals surface area contributed by atoms with Crippen molar-refractivity contribution in [2.45, 2.75) is 19.3 Å². The summed E-state index contributed by atoms with van der Waals surface area (Å²) in [5, 5.41) is 6.62. The molecule has 1 fully saturated rings. The zero-order valence-corrected chi connectivity index (χ0v) is 22.0. The molecule has 0 amide bonds. The summed E-state index contributed by atoms with van der Waals surface area (Å²) < 4.78 is 46.3. The Hall–Kier alpha value is -4.71. The maximum Gasteiger partial charge on any atom is 0.416 e. The van der Waals surface area contributed by atoms with Crippen molar-refractivity contribution < 1.29 is 17.9 Å². The predicted octanol–water partition coefficient (Wildman–Crippen LogP) is 5.48. The van der Waals surface area contributed by atoms with E-state index >= 15 is 0 Å². The average molecular weight is 561 g/mol. The van der Waals surface area contributed by atoms with Crippen LogP contribution in [0.3, 0.4) is 0 Å². The average Bonchev–Trinajstić information content (AvgIpc) is 3.40. The van der Waals surface area contributed by atoms with Gasteiger partial charge in [0.15, 0.2) is 17.0 Å². The number of morpholine rings is 1. The zero-order chi connectivity index (χ0) is 28.2. The topological polar surface area (TPSA) is 93.0 Å². The minimum absolute atomic E-state index is 0.293. The highest BCUT2D eigenvalue weighted by Gasteiger charge is 2.30. The van der Waals surface area contributed by atoms with Crippen LogP contribution in [0.5, 0.6) is 0 Å². The van der Waals surface area contributed by atoms with E-state index < -0.39 is 11.7 Å². The predicted molar refractivity (Wildman–Crippen MR) is 150 cm³/mol. The number of hydrogen-bond acceptors (Lipinski definition) is 8. The van der Waals surface area contributed by atoms with Gasteiger partial charge in [0.2, 0.25) is 5.95 Å². The van der Waals surface area contributed by atoms with Gasteiger partial charge in [-0.05, 0) is 53.6 Å². The highest BCUT2D eigenvalue weighted by atomic mass is 19.4. The second-order valence-electron chi connectivity index (χ2n) is 9.62. The van der Waals surface area contributed by atoms with Crippen LogP contribution in [0.1, 0.15) is 16.7 Å². The Balaban J connectivity index is 1.29. The quantitative estimate of drug-likeness (QED) is 0.258. The number of pyridine rings is 1. The molecule has 0 atom stereocenters. The molecule has 12 heteroatoms. The number of anilines is 4. The fourth-order valence-electron chi connectivity index (χ4n) is 4.62. The SMILES string of the molecule is FC(F)(F)c1ccc(Cn2cnc3c(Nc4ccc(N5CCOCC5)cc4)nc(NCc4cccnc4)nc32)cc1. The van der Waals surface area contributed by atoms with Crippen LogP contribution in [-0.2, 0) is 24.0 Å². The molecule has 3 aromatic heterocycles. The van der Waals surface area contributed by atoms with E-state index in [4.69, 9.17) is 14.7 Å². The van der Waals surface area contributed by atoms with Crippen molar-refractivity contribution in [1.82, 2.24) is 24.5 Å². The van der Waals surface area contributed by atoms with E-state index in [9.17, 15) is 13.2 Å². The number of hydrogen-bond donors (Lipinski definition) is 2. The van der Waals surface area contributed by atoms with Crippen LogP contribution in [0.4, 0.5) is 36.3 Å². The molecule has 5 aromatic rings. The lowest BCUT2D eigenvalue weighted by Gasteiger charge is -2.28. The van der Waals surface area contributed by atoms with Crippen molar-refractivity contribution in [2.24, 2.45) is 0 Å². The first-order valence-corrected chi connectivity index (χ1v) is 13.1. The summed E-state index contributed by atoms with van der Waals surface area (Å²) >= 11 is 0. The van der Waals surface area contributed by atoms with Crippen molar-refractivity contribution in [3.8, 4) is 0 Å². The molecule has 0 unspecified atom stereocenters. The van der Waals surface area contributed by atoms with Crippen LogP contribution in [0.2, 0.25) is 0 Å². The molecule has 4 heterocycles. The summed E-state index contributed by atoms with van der Waals surface area (Å²) in [7, 11) is 0. The van der Waals surface area contributed by atoms with E-state index in [1.807, 2.05) is 24.3 Å². The number of benzene rings is 2. The number of rotatable bonds is 8. The van der Waals surface area contributed by atoms with Crippen LogP contribution in [-0.4, -0.2) is 50.8 Å². The first-order chi connectivity index (χ1) is 19.9. The van der Waals surface area contributed by atoms with E-state index in [1.54, 1.807) is 23.3 Å². The van der Waals surface area contributed by atoms with Crippen LogP contribution < -0.4 is 15.5 Å². The lowest BCUT2D eigenvalue weighted by Crippen LogP contribution is -2.36. The van der Waals surface area contributed by atoms with Crippen LogP contribution in [0.25, 0.3) is 11.2 Å². The van der Waals surface area contributed by atoms with Gasteiger partial charge in [0.1, 0.15) is 0 Å². The van der Waals surface area contributed by atoms with Gasteiger partial charge >= 0.3 is 6.18 Å². The molecule has 1 aliphatic rings. The van der Waals surface area contributed by atoms with Gasteiger partial charge in [-0.15, -0.1) is 0 Å². The highest BCUT2D eigenvalue weighted by molar-refractivity contribution is 5.86. The van der Waals surface area contributed by atoms with Gasteiger partial charge in [0.25, 0.3) is 0 Å². The van der Waals surface area contributed by atoms with Crippen LogP contribution >= 0.6 is 0 Å². The molecular weight excluding hydrogens is 533 g/mol. The Labute approximate surface area is 234 Å². The second-order valence-corrected chi connectivity index (χ2v) is 9.62. The third-order valence-electron chi connectivity index (χ3n) is 6.78. The Kier molecular flexibility index (Phi) is 7.38. The lowest BCUT2D eigenvalue weighted by atomic mass is 10.1. The largest absolute Gasteiger partial charge is 0.416 e. The number of imidazole rings is 1. The first-order valence-electron chi connectivity index (χ1n) is 13.1. The second kappa shape index (κ2) is 11.4. The normalized spacial score (nSPS) is 13.9. The lowest BCUT2D eigenvalue weighted by molar-refractivity contribution is -0.137. The number of halogens is 3. The molecule has 1 saturated heterocycles. The molecule has 210 valence electrons. The van der Waals surface area contributed by atoms with Gasteiger partial charge in [-0.3, -0.25) is 4.98 Å². The Morgan fingerprint density at radius 3 is 2.39 bits per heavy atom. The van der Waals surface area contributed by atoms with Gasteiger partial charge in [-0.1, -0.05) is 18.2 Å². The maximum atomic E-state index is 13.0. The number of ether oxygens (including phenoxy) is 1. The van der Waals surface area contributed by atoms with Crippen molar-refractivity contribution in [3.63, 3.8) is 0 Å². The molecule has 0 radical (unpaired) electrons. The number of aromatic nitrogens is 5. The van der Waals surface area contributed by atoms with E-state index in [2.05, 4.69) is 37.6 Å². The summed E-state index contributed by atoms with van der Waals surface area (Å²) in [5.74, 6) is 0.886. The Morgan fingerprint density at radius 1 is 0.902 bits per heavy atom. The summed E-state index contributed by atoms with van der Waals surface area (Å²) in [4.78, 5) is 20.4. The monoisotopic (exact) mass is 560 g/mol. The number of nitrogens with zero attached hydrogens (tertiary/aromatic N) is 6. The maximum absolute atomic E-state index is 13.0. The molecule has 9 nitrogen and oxygen atoms in total. The third kappa shape index (κ3) is 6.22. The third-order valence-corrected chi connectivity index (χ3v) is 6.78. The van der Waals surface area contributed by atoms with E-state index in [0.29, 0.717) is 54.8 Å².